The van der Waals surface area contributed by atoms with Gasteiger partial charge < -0.3 is 14.4 Å². The van der Waals surface area contributed by atoms with Gasteiger partial charge in [0.15, 0.2) is 0 Å². The van der Waals surface area contributed by atoms with Crippen LogP contribution in [0, 0.1) is 5.41 Å². The summed E-state index contributed by atoms with van der Waals surface area (Å²) >= 11 is 0. The quantitative estimate of drug-likeness (QED) is 0.657. The summed E-state index contributed by atoms with van der Waals surface area (Å²) < 4.78 is 11.6. The summed E-state index contributed by atoms with van der Waals surface area (Å²) in [5, 5.41) is 11.0. The zero-order chi connectivity index (χ0) is 22.8. The molecule has 2 saturated heterocycles. The van der Waals surface area contributed by atoms with Crippen LogP contribution in [-0.4, -0.2) is 59.8 Å². The summed E-state index contributed by atoms with van der Waals surface area (Å²) in [6.45, 7) is 5.31. The molecular weight excluding hydrogens is 420 g/mol. The van der Waals surface area contributed by atoms with E-state index in [0.717, 1.165) is 55.3 Å². The van der Waals surface area contributed by atoms with E-state index in [0.29, 0.717) is 31.8 Å². The minimum Gasteiger partial charge on any atom is -0.489 e. The Hall–Kier alpha value is -3.23. The van der Waals surface area contributed by atoms with Gasteiger partial charge in [0.05, 0.1) is 13.2 Å². The number of piperidine rings is 1. The van der Waals surface area contributed by atoms with Gasteiger partial charge in [-0.1, -0.05) is 36.4 Å². The number of carbonyl (C=O) groups excluding carboxylic acids is 2. The van der Waals surface area contributed by atoms with Crippen LogP contribution in [0.2, 0.25) is 0 Å². The Bertz CT molecular complexity index is 1060. The molecule has 172 valence electrons. The molecule has 2 amide bonds. The predicted molar refractivity (Wildman–Crippen MR) is 122 cm³/mol. The van der Waals surface area contributed by atoms with Crippen LogP contribution in [0.1, 0.15) is 35.1 Å². The van der Waals surface area contributed by atoms with Gasteiger partial charge >= 0.3 is 0 Å². The molecule has 0 saturated carbocycles. The first-order valence-electron chi connectivity index (χ1n) is 11.4. The minimum absolute atomic E-state index is 0.250. The third kappa shape index (κ3) is 4.62. The number of hydrogen-bond donors (Lipinski definition) is 2. The SMILES string of the molecule is N=C1c2cccc(OCc3ccc(CN4CCOCC4)cc3)c2CN1C1CCC(=O)NC1=O. The normalized spacial score (nSPS) is 21.2. The first kappa shape index (κ1) is 21.6. The van der Waals surface area contributed by atoms with Gasteiger partial charge in [-0.2, -0.15) is 0 Å². The largest absolute Gasteiger partial charge is 0.489 e. The number of fused-ring (bicyclic) bond motifs is 1. The number of nitrogens with zero attached hydrogens (tertiary/aromatic N) is 2. The molecule has 0 spiro atoms. The Morgan fingerprint density at radius 2 is 1.82 bits per heavy atom. The fourth-order valence-corrected chi connectivity index (χ4v) is 4.65. The number of hydrogen-bond acceptors (Lipinski definition) is 6. The Balaban J connectivity index is 1.23. The molecule has 1 atom stereocenters. The highest BCUT2D eigenvalue weighted by atomic mass is 16.5. The number of amidine groups is 1. The van der Waals surface area contributed by atoms with Crippen LogP contribution < -0.4 is 10.1 Å². The zero-order valence-corrected chi connectivity index (χ0v) is 18.5. The topological polar surface area (TPSA) is 95.0 Å². The number of rotatable bonds is 6. The second-order valence-corrected chi connectivity index (χ2v) is 8.72. The van der Waals surface area contributed by atoms with Crippen molar-refractivity contribution in [3.63, 3.8) is 0 Å². The van der Waals surface area contributed by atoms with Crippen LogP contribution in [0.5, 0.6) is 5.75 Å². The predicted octanol–water partition coefficient (Wildman–Crippen LogP) is 2.04. The fraction of sp³-hybridized carbons (Fsp3) is 0.400. The third-order valence-electron chi connectivity index (χ3n) is 6.52. The minimum atomic E-state index is -0.505. The lowest BCUT2D eigenvalue weighted by Gasteiger charge is -2.30. The van der Waals surface area contributed by atoms with E-state index in [9.17, 15) is 9.59 Å². The summed E-state index contributed by atoms with van der Waals surface area (Å²) in [4.78, 5) is 28.0. The van der Waals surface area contributed by atoms with E-state index in [2.05, 4.69) is 34.5 Å². The van der Waals surface area contributed by atoms with Gasteiger partial charge in [-0.25, -0.2) is 0 Å². The summed E-state index contributed by atoms with van der Waals surface area (Å²) in [5.74, 6) is 0.449. The maximum atomic E-state index is 12.3. The van der Waals surface area contributed by atoms with Gasteiger partial charge in [0.1, 0.15) is 24.2 Å². The Labute approximate surface area is 193 Å². The fourth-order valence-electron chi connectivity index (χ4n) is 4.65. The van der Waals surface area contributed by atoms with Crippen molar-refractivity contribution in [1.29, 1.82) is 5.41 Å². The number of nitrogens with one attached hydrogen (secondary N) is 2. The van der Waals surface area contributed by atoms with E-state index < -0.39 is 6.04 Å². The molecular formula is C25H28N4O4. The highest BCUT2D eigenvalue weighted by Gasteiger charge is 2.38. The maximum Gasteiger partial charge on any atom is 0.249 e. The van der Waals surface area contributed by atoms with E-state index >= 15 is 0 Å². The summed E-state index contributed by atoms with van der Waals surface area (Å²) in [7, 11) is 0. The highest BCUT2D eigenvalue weighted by molar-refractivity contribution is 6.06. The third-order valence-corrected chi connectivity index (χ3v) is 6.52. The van der Waals surface area contributed by atoms with Gasteiger partial charge in [0, 0.05) is 43.7 Å². The first-order valence-corrected chi connectivity index (χ1v) is 11.4. The second-order valence-electron chi connectivity index (χ2n) is 8.72. The lowest BCUT2D eigenvalue weighted by atomic mass is 10.0. The van der Waals surface area contributed by atoms with Gasteiger partial charge in [-0.15, -0.1) is 0 Å². The van der Waals surface area contributed by atoms with E-state index in [1.54, 1.807) is 4.90 Å². The Morgan fingerprint density at radius 3 is 2.58 bits per heavy atom. The molecule has 3 heterocycles. The average molecular weight is 449 g/mol. The molecule has 0 bridgehead atoms. The molecule has 3 aliphatic heterocycles. The van der Waals surface area contributed by atoms with Crippen LogP contribution in [0.15, 0.2) is 42.5 Å². The molecule has 2 aromatic carbocycles. The molecule has 2 aromatic rings. The molecule has 33 heavy (non-hydrogen) atoms. The van der Waals surface area contributed by atoms with E-state index in [1.165, 1.54) is 5.56 Å². The lowest BCUT2D eigenvalue weighted by Crippen LogP contribution is -2.52. The molecule has 1 unspecified atom stereocenters. The smallest absolute Gasteiger partial charge is 0.249 e. The van der Waals surface area contributed by atoms with Gasteiger partial charge in [0.25, 0.3) is 0 Å². The van der Waals surface area contributed by atoms with Crippen molar-refractivity contribution >= 4 is 17.6 Å². The van der Waals surface area contributed by atoms with Crippen molar-refractivity contribution in [2.75, 3.05) is 26.3 Å². The van der Waals surface area contributed by atoms with Gasteiger partial charge in [-0.05, 0) is 23.6 Å². The van der Waals surface area contributed by atoms with Crippen LogP contribution in [-0.2, 0) is 34.0 Å². The van der Waals surface area contributed by atoms with Crippen LogP contribution >= 0.6 is 0 Å². The molecule has 0 aliphatic carbocycles. The zero-order valence-electron chi connectivity index (χ0n) is 18.5. The Kier molecular flexibility index (Phi) is 6.11. The van der Waals surface area contributed by atoms with Crippen LogP contribution in [0.3, 0.4) is 0 Å². The van der Waals surface area contributed by atoms with E-state index in [4.69, 9.17) is 14.9 Å². The standard InChI is InChI=1S/C25H28N4O4/c26-24-19-2-1-3-22(20(19)15-29(24)21-8-9-23(30)27-25(21)31)33-16-18-6-4-17(5-7-18)14-28-10-12-32-13-11-28/h1-7,21,26H,8-16H2,(H,27,30,31). The number of morpholine rings is 1. The van der Waals surface area contributed by atoms with E-state index in [1.807, 2.05) is 18.2 Å². The van der Waals surface area contributed by atoms with Crippen molar-refractivity contribution in [2.45, 2.75) is 38.6 Å². The van der Waals surface area contributed by atoms with Gasteiger partial charge in [0.2, 0.25) is 11.8 Å². The monoisotopic (exact) mass is 448 g/mol. The summed E-state index contributed by atoms with van der Waals surface area (Å²) in [6.07, 6.45) is 0.718. The van der Waals surface area contributed by atoms with Crippen LogP contribution in [0.25, 0.3) is 0 Å². The number of carbonyl (C=O) groups is 2. The molecule has 8 nitrogen and oxygen atoms in total. The number of benzene rings is 2. The molecule has 3 aliphatic rings. The Morgan fingerprint density at radius 1 is 1.06 bits per heavy atom. The number of ether oxygens (including phenoxy) is 2. The lowest BCUT2D eigenvalue weighted by molar-refractivity contribution is -0.136. The average Bonchev–Trinajstić information content (AvgIpc) is 3.16. The van der Waals surface area contributed by atoms with Gasteiger partial charge in [-0.3, -0.25) is 25.2 Å². The molecule has 5 rings (SSSR count). The molecule has 2 N–H and O–H groups in total. The number of amides is 2. The summed E-state index contributed by atoms with van der Waals surface area (Å²) in [6, 6.07) is 13.6. The molecule has 0 radical (unpaired) electrons. The van der Waals surface area contributed by atoms with Crippen molar-refractivity contribution in [2.24, 2.45) is 0 Å². The van der Waals surface area contributed by atoms with Crippen molar-refractivity contribution in [3.05, 3.63) is 64.7 Å². The van der Waals surface area contributed by atoms with Crippen molar-refractivity contribution in [1.82, 2.24) is 15.1 Å². The number of imide groups is 1. The second kappa shape index (κ2) is 9.33. The van der Waals surface area contributed by atoms with Crippen molar-refractivity contribution < 1.29 is 19.1 Å². The van der Waals surface area contributed by atoms with Crippen molar-refractivity contribution in [3.8, 4) is 5.75 Å². The van der Waals surface area contributed by atoms with Crippen LogP contribution in [0.4, 0.5) is 0 Å². The maximum absolute atomic E-state index is 12.3. The molecule has 8 heteroatoms. The van der Waals surface area contributed by atoms with E-state index in [-0.39, 0.29) is 11.8 Å². The highest BCUT2D eigenvalue weighted by Crippen LogP contribution is 2.33. The first-order chi connectivity index (χ1) is 16.1. The molecule has 0 aromatic heterocycles. The summed E-state index contributed by atoms with van der Waals surface area (Å²) in [5.41, 5.74) is 4.04. The molecule has 2 fully saturated rings.